The van der Waals surface area contributed by atoms with E-state index in [-0.39, 0.29) is 16.3 Å². The van der Waals surface area contributed by atoms with Crippen LogP contribution in [-0.4, -0.2) is 17.0 Å². The van der Waals surface area contributed by atoms with Crippen LogP contribution in [0.4, 0.5) is 5.69 Å². The molecule has 0 aliphatic heterocycles. The highest BCUT2D eigenvalue weighted by atomic mass is 35.5. The number of hydrogen-bond donors (Lipinski definition) is 1. The summed E-state index contributed by atoms with van der Waals surface area (Å²) < 4.78 is 0. The van der Waals surface area contributed by atoms with E-state index in [0.29, 0.717) is 10.6 Å². The first-order valence-corrected chi connectivity index (χ1v) is 6.76. The molecule has 0 unspecified atom stereocenters. The van der Waals surface area contributed by atoms with Gasteiger partial charge in [0.1, 0.15) is 5.02 Å². The van der Waals surface area contributed by atoms with Crippen molar-refractivity contribution in [1.82, 2.24) is 5.43 Å². The van der Waals surface area contributed by atoms with Gasteiger partial charge in [-0.15, -0.1) is 0 Å². The van der Waals surface area contributed by atoms with Crippen molar-refractivity contribution in [2.45, 2.75) is 0 Å². The molecule has 0 atom stereocenters. The van der Waals surface area contributed by atoms with Crippen molar-refractivity contribution in [2.75, 3.05) is 0 Å². The zero-order chi connectivity index (χ0) is 16.1. The fraction of sp³-hybridized carbons (Fsp3) is 0. The van der Waals surface area contributed by atoms with Crippen LogP contribution in [-0.2, 0) is 0 Å². The fourth-order valence-electron chi connectivity index (χ4n) is 1.60. The van der Waals surface area contributed by atoms with Crippen molar-refractivity contribution in [1.29, 1.82) is 0 Å². The summed E-state index contributed by atoms with van der Waals surface area (Å²) >= 11 is 11.6. The van der Waals surface area contributed by atoms with E-state index in [1.165, 1.54) is 18.3 Å². The standard InChI is InChI=1S/C14H9Cl2N3O3/c15-11-4-2-1-3-10(11)8-17-18-14(20)9-5-6-12(16)13(7-9)19(21)22/h1-8H,(H,18,20)/b17-8-. The van der Waals surface area contributed by atoms with Crippen LogP contribution in [0.15, 0.2) is 47.6 Å². The minimum Gasteiger partial charge on any atom is -0.267 e. The van der Waals surface area contributed by atoms with Crippen LogP contribution >= 0.6 is 23.2 Å². The molecule has 1 amide bonds. The molecular formula is C14H9Cl2N3O3. The highest BCUT2D eigenvalue weighted by Crippen LogP contribution is 2.24. The van der Waals surface area contributed by atoms with Gasteiger partial charge >= 0.3 is 0 Å². The minimum absolute atomic E-state index is 0.0406. The minimum atomic E-state index is -0.661. The number of amides is 1. The molecule has 2 aromatic carbocycles. The van der Waals surface area contributed by atoms with Crippen molar-refractivity contribution < 1.29 is 9.72 Å². The molecule has 0 saturated carbocycles. The lowest BCUT2D eigenvalue weighted by atomic mass is 10.2. The highest BCUT2D eigenvalue weighted by Gasteiger charge is 2.15. The summed E-state index contributed by atoms with van der Waals surface area (Å²) in [5, 5.41) is 15.0. The first kappa shape index (κ1) is 15.9. The third-order valence-corrected chi connectivity index (χ3v) is 3.34. The van der Waals surface area contributed by atoms with E-state index in [1.807, 2.05) is 0 Å². The summed E-state index contributed by atoms with van der Waals surface area (Å²) in [5.74, 6) is -0.594. The predicted octanol–water partition coefficient (Wildman–Crippen LogP) is 3.67. The zero-order valence-corrected chi connectivity index (χ0v) is 12.5. The number of carbonyl (C=O) groups excluding carboxylic acids is 1. The number of hydrogen-bond acceptors (Lipinski definition) is 4. The maximum Gasteiger partial charge on any atom is 0.288 e. The van der Waals surface area contributed by atoms with E-state index in [9.17, 15) is 14.9 Å². The molecule has 0 aromatic heterocycles. The molecule has 2 aromatic rings. The number of carbonyl (C=O) groups is 1. The summed E-state index contributed by atoms with van der Waals surface area (Å²) in [6, 6.07) is 10.7. The van der Waals surface area contributed by atoms with Gasteiger partial charge in [-0.3, -0.25) is 14.9 Å². The second-order valence-corrected chi connectivity index (χ2v) is 4.96. The van der Waals surface area contributed by atoms with E-state index >= 15 is 0 Å². The third-order valence-electron chi connectivity index (χ3n) is 2.68. The van der Waals surface area contributed by atoms with E-state index in [2.05, 4.69) is 10.5 Å². The first-order valence-electron chi connectivity index (χ1n) is 6.01. The van der Waals surface area contributed by atoms with Crippen LogP contribution in [0, 0.1) is 10.1 Å². The Kier molecular flexibility index (Phi) is 5.08. The van der Waals surface area contributed by atoms with Crippen LogP contribution in [0.25, 0.3) is 0 Å². The molecule has 112 valence electrons. The number of halogens is 2. The SMILES string of the molecule is O=C(N/N=C\c1ccccc1Cl)c1ccc(Cl)c([N+](=O)[O-])c1. The lowest BCUT2D eigenvalue weighted by Crippen LogP contribution is -2.17. The molecule has 1 N–H and O–H groups in total. The average molecular weight is 338 g/mol. The van der Waals surface area contributed by atoms with Gasteiger partial charge in [-0.05, 0) is 18.2 Å². The molecule has 8 heteroatoms. The largest absolute Gasteiger partial charge is 0.288 e. The van der Waals surface area contributed by atoms with Crippen LogP contribution in [0.2, 0.25) is 10.0 Å². The van der Waals surface area contributed by atoms with Crippen molar-refractivity contribution >= 4 is 41.0 Å². The van der Waals surface area contributed by atoms with Crippen molar-refractivity contribution in [3.8, 4) is 0 Å². The molecule has 22 heavy (non-hydrogen) atoms. The summed E-state index contributed by atoms with van der Waals surface area (Å²) in [6.07, 6.45) is 1.38. The van der Waals surface area contributed by atoms with Crippen LogP contribution in [0.5, 0.6) is 0 Å². The van der Waals surface area contributed by atoms with Gasteiger partial charge in [-0.2, -0.15) is 5.10 Å². The molecular weight excluding hydrogens is 329 g/mol. The van der Waals surface area contributed by atoms with E-state index in [0.717, 1.165) is 6.07 Å². The molecule has 0 bridgehead atoms. The maximum absolute atomic E-state index is 11.9. The molecule has 0 radical (unpaired) electrons. The molecule has 0 spiro atoms. The summed E-state index contributed by atoms with van der Waals surface area (Å²) in [6.45, 7) is 0. The number of hydrazone groups is 1. The normalized spacial score (nSPS) is 10.6. The van der Waals surface area contributed by atoms with Crippen molar-refractivity contribution in [3.05, 3.63) is 73.8 Å². The zero-order valence-electron chi connectivity index (χ0n) is 11.0. The second-order valence-electron chi connectivity index (χ2n) is 4.14. The van der Waals surface area contributed by atoms with Gasteiger partial charge in [0.25, 0.3) is 11.6 Å². The number of nitrogens with zero attached hydrogens (tertiary/aromatic N) is 2. The number of rotatable bonds is 4. The average Bonchev–Trinajstić information content (AvgIpc) is 2.49. The van der Waals surface area contributed by atoms with Gasteiger partial charge in [0.2, 0.25) is 0 Å². The van der Waals surface area contributed by atoms with Crippen molar-refractivity contribution in [3.63, 3.8) is 0 Å². The Morgan fingerprint density at radius 3 is 2.59 bits per heavy atom. The Hall–Kier alpha value is -2.44. The number of nitro groups is 1. The molecule has 0 heterocycles. The quantitative estimate of drug-likeness (QED) is 0.524. The predicted molar refractivity (Wildman–Crippen MR) is 84.6 cm³/mol. The highest BCUT2D eigenvalue weighted by molar-refractivity contribution is 6.33. The molecule has 0 fully saturated rings. The number of nitrogens with one attached hydrogen (secondary N) is 1. The van der Waals surface area contributed by atoms with Crippen LogP contribution in [0.1, 0.15) is 15.9 Å². The van der Waals surface area contributed by atoms with E-state index < -0.39 is 10.8 Å². The summed E-state index contributed by atoms with van der Waals surface area (Å²) in [5.41, 5.74) is 2.63. The molecule has 2 rings (SSSR count). The third kappa shape index (κ3) is 3.81. The van der Waals surface area contributed by atoms with E-state index in [1.54, 1.807) is 24.3 Å². The number of benzene rings is 2. The Labute approximate surface area is 135 Å². The Balaban J connectivity index is 2.12. The number of nitro benzene ring substituents is 1. The monoisotopic (exact) mass is 337 g/mol. The van der Waals surface area contributed by atoms with Gasteiger partial charge < -0.3 is 0 Å². The van der Waals surface area contributed by atoms with Gasteiger partial charge in [0.05, 0.1) is 11.1 Å². The topological polar surface area (TPSA) is 84.6 Å². The van der Waals surface area contributed by atoms with Gasteiger partial charge in [0, 0.05) is 22.2 Å². The Bertz CT molecular complexity index is 763. The summed E-state index contributed by atoms with van der Waals surface area (Å²) in [7, 11) is 0. The Morgan fingerprint density at radius 2 is 1.91 bits per heavy atom. The summed E-state index contributed by atoms with van der Waals surface area (Å²) in [4.78, 5) is 22.0. The van der Waals surface area contributed by atoms with Crippen molar-refractivity contribution in [2.24, 2.45) is 5.10 Å². The molecule has 6 nitrogen and oxygen atoms in total. The lowest BCUT2D eigenvalue weighted by Gasteiger charge is -2.01. The first-order chi connectivity index (χ1) is 10.5. The fourth-order valence-corrected chi connectivity index (χ4v) is 1.97. The lowest BCUT2D eigenvalue weighted by molar-refractivity contribution is -0.384. The van der Waals surface area contributed by atoms with E-state index in [4.69, 9.17) is 23.2 Å². The van der Waals surface area contributed by atoms with Gasteiger partial charge in [-0.25, -0.2) is 5.43 Å². The van der Waals surface area contributed by atoms with Gasteiger partial charge in [0.15, 0.2) is 0 Å². The van der Waals surface area contributed by atoms with Crippen LogP contribution < -0.4 is 5.43 Å². The smallest absolute Gasteiger partial charge is 0.267 e. The molecule has 0 aliphatic rings. The molecule has 0 saturated heterocycles. The van der Waals surface area contributed by atoms with Gasteiger partial charge in [-0.1, -0.05) is 41.4 Å². The maximum atomic E-state index is 11.9. The molecule has 0 aliphatic carbocycles. The van der Waals surface area contributed by atoms with Crippen LogP contribution in [0.3, 0.4) is 0 Å². The Morgan fingerprint density at radius 1 is 1.18 bits per heavy atom. The second kappa shape index (κ2) is 7.02.